The van der Waals surface area contributed by atoms with Crippen molar-refractivity contribution in [3.63, 3.8) is 0 Å². The van der Waals surface area contributed by atoms with Crippen molar-refractivity contribution in [2.24, 2.45) is 0 Å². The van der Waals surface area contributed by atoms with E-state index in [2.05, 4.69) is 24.7 Å². The number of imidazole rings is 1. The third-order valence-corrected chi connectivity index (χ3v) is 5.20. The Morgan fingerprint density at radius 2 is 1.97 bits per heavy atom. The summed E-state index contributed by atoms with van der Waals surface area (Å²) in [5.74, 6) is 2.14. The monoisotopic (exact) mass is 408 g/mol. The SMILES string of the molecule is COc1ccc(OC)c(SNc2ncnc3c2ncn3CCc2ccccn2)c1. The van der Waals surface area contributed by atoms with Gasteiger partial charge in [-0.25, -0.2) is 15.0 Å². The van der Waals surface area contributed by atoms with Crippen molar-refractivity contribution in [2.45, 2.75) is 17.9 Å². The highest BCUT2D eigenvalue weighted by Crippen LogP contribution is 2.33. The zero-order valence-corrected chi connectivity index (χ0v) is 16.9. The molecule has 0 unspecified atom stereocenters. The lowest BCUT2D eigenvalue weighted by Gasteiger charge is -2.11. The summed E-state index contributed by atoms with van der Waals surface area (Å²) in [7, 11) is 3.27. The number of fused-ring (bicyclic) bond motifs is 1. The van der Waals surface area contributed by atoms with E-state index in [-0.39, 0.29) is 0 Å². The van der Waals surface area contributed by atoms with Crippen molar-refractivity contribution in [3.05, 3.63) is 60.9 Å². The fourth-order valence-electron chi connectivity index (χ4n) is 2.87. The first-order chi connectivity index (χ1) is 14.3. The molecule has 9 heteroatoms. The highest BCUT2D eigenvalue weighted by molar-refractivity contribution is 8.00. The number of benzene rings is 1. The number of nitrogens with one attached hydrogen (secondary N) is 1. The van der Waals surface area contributed by atoms with E-state index < -0.39 is 0 Å². The van der Waals surface area contributed by atoms with Gasteiger partial charge >= 0.3 is 0 Å². The highest BCUT2D eigenvalue weighted by Gasteiger charge is 2.12. The van der Waals surface area contributed by atoms with Crippen LogP contribution in [0, 0.1) is 0 Å². The molecule has 3 aromatic heterocycles. The number of pyridine rings is 1. The van der Waals surface area contributed by atoms with Crippen LogP contribution in [0.3, 0.4) is 0 Å². The zero-order valence-electron chi connectivity index (χ0n) is 16.1. The molecule has 0 aliphatic carbocycles. The minimum Gasteiger partial charge on any atom is -0.497 e. The smallest absolute Gasteiger partial charge is 0.167 e. The maximum absolute atomic E-state index is 5.42. The van der Waals surface area contributed by atoms with Gasteiger partial charge in [-0.1, -0.05) is 6.07 Å². The molecule has 1 aromatic carbocycles. The number of rotatable bonds is 8. The third kappa shape index (κ3) is 4.24. The van der Waals surface area contributed by atoms with E-state index in [1.165, 1.54) is 18.3 Å². The molecule has 0 saturated carbocycles. The van der Waals surface area contributed by atoms with Crippen LogP contribution in [0.1, 0.15) is 5.69 Å². The van der Waals surface area contributed by atoms with Crippen LogP contribution < -0.4 is 14.2 Å². The molecule has 0 spiro atoms. The van der Waals surface area contributed by atoms with Crippen molar-refractivity contribution < 1.29 is 9.47 Å². The number of anilines is 1. The van der Waals surface area contributed by atoms with E-state index >= 15 is 0 Å². The normalized spacial score (nSPS) is 10.8. The van der Waals surface area contributed by atoms with E-state index in [9.17, 15) is 0 Å². The maximum atomic E-state index is 5.42. The van der Waals surface area contributed by atoms with Gasteiger partial charge in [0.25, 0.3) is 0 Å². The summed E-state index contributed by atoms with van der Waals surface area (Å²) in [6.07, 6.45) is 5.92. The minimum atomic E-state index is 0.640. The molecule has 1 N–H and O–H groups in total. The van der Waals surface area contributed by atoms with Gasteiger partial charge in [0.2, 0.25) is 0 Å². The second kappa shape index (κ2) is 8.78. The third-order valence-electron chi connectivity index (χ3n) is 4.36. The molecule has 0 aliphatic heterocycles. The van der Waals surface area contributed by atoms with Gasteiger partial charge in [0, 0.05) is 24.9 Å². The number of hydrogen-bond acceptors (Lipinski definition) is 8. The lowest BCUT2D eigenvalue weighted by Crippen LogP contribution is -2.03. The molecule has 148 valence electrons. The predicted octanol–water partition coefficient (Wildman–Crippen LogP) is 3.60. The largest absolute Gasteiger partial charge is 0.497 e. The summed E-state index contributed by atoms with van der Waals surface area (Å²) in [6, 6.07) is 11.5. The lowest BCUT2D eigenvalue weighted by atomic mass is 10.3. The Bertz CT molecular complexity index is 1100. The Balaban J connectivity index is 1.52. The molecule has 0 radical (unpaired) electrons. The molecule has 4 rings (SSSR count). The number of ether oxygens (including phenoxy) is 2. The van der Waals surface area contributed by atoms with Gasteiger partial charge in [-0.15, -0.1) is 0 Å². The number of methoxy groups -OCH3 is 2. The average Bonchev–Trinajstić information content (AvgIpc) is 3.20. The van der Waals surface area contributed by atoms with Gasteiger partial charge in [-0.3, -0.25) is 4.98 Å². The van der Waals surface area contributed by atoms with Crippen molar-refractivity contribution >= 4 is 28.9 Å². The standard InChI is InChI=1S/C20H20N6O2S/c1-27-15-6-7-16(28-2)17(11-15)29-25-19-18-20(23-12-22-19)26(13-24-18)10-8-14-5-3-4-9-21-14/h3-7,9,11-13H,8,10H2,1-2H3,(H,22,23,25). The predicted molar refractivity (Wildman–Crippen MR) is 112 cm³/mol. The van der Waals surface area contributed by atoms with Crippen LogP contribution in [0.25, 0.3) is 11.2 Å². The molecule has 0 amide bonds. The summed E-state index contributed by atoms with van der Waals surface area (Å²) in [6.45, 7) is 0.737. The van der Waals surface area contributed by atoms with E-state index in [0.29, 0.717) is 11.3 Å². The number of aryl methyl sites for hydroxylation is 2. The lowest BCUT2D eigenvalue weighted by molar-refractivity contribution is 0.394. The molecule has 0 bridgehead atoms. The van der Waals surface area contributed by atoms with Gasteiger partial charge in [0.1, 0.15) is 17.8 Å². The summed E-state index contributed by atoms with van der Waals surface area (Å²) in [5, 5.41) is 0. The second-order valence-electron chi connectivity index (χ2n) is 6.12. The van der Waals surface area contributed by atoms with E-state index in [0.717, 1.165) is 40.7 Å². The van der Waals surface area contributed by atoms with Crippen LogP contribution in [0.15, 0.2) is 60.1 Å². The van der Waals surface area contributed by atoms with Crippen molar-refractivity contribution in [2.75, 3.05) is 18.9 Å². The van der Waals surface area contributed by atoms with Crippen molar-refractivity contribution in [1.29, 1.82) is 0 Å². The van der Waals surface area contributed by atoms with Gasteiger partial charge in [0.15, 0.2) is 17.0 Å². The zero-order chi connectivity index (χ0) is 20.1. The van der Waals surface area contributed by atoms with Crippen LogP contribution in [0.5, 0.6) is 11.5 Å². The van der Waals surface area contributed by atoms with Crippen LogP contribution >= 0.6 is 11.9 Å². The first-order valence-electron chi connectivity index (χ1n) is 8.99. The molecule has 0 saturated heterocycles. The average molecular weight is 408 g/mol. The molecule has 29 heavy (non-hydrogen) atoms. The molecule has 3 heterocycles. The van der Waals surface area contributed by atoms with Gasteiger partial charge < -0.3 is 18.8 Å². The fourth-order valence-corrected chi connectivity index (χ4v) is 3.65. The topological polar surface area (TPSA) is 87.0 Å². The number of hydrogen-bond donors (Lipinski definition) is 1. The molecule has 0 aliphatic rings. The van der Waals surface area contributed by atoms with Crippen LogP contribution in [-0.2, 0) is 13.0 Å². The fraction of sp³-hybridized carbons (Fsp3) is 0.200. The van der Waals surface area contributed by atoms with Gasteiger partial charge in [-0.2, -0.15) is 0 Å². The van der Waals surface area contributed by atoms with Crippen LogP contribution in [-0.4, -0.2) is 38.7 Å². The maximum Gasteiger partial charge on any atom is 0.167 e. The Hall–Kier alpha value is -3.33. The Labute approximate surface area is 172 Å². The summed E-state index contributed by atoms with van der Waals surface area (Å²) >= 11 is 1.38. The number of nitrogens with zero attached hydrogens (tertiary/aromatic N) is 5. The Morgan fingerprint density at radius 1 is 1.03 bits per heavy atom. The summed E-state index contributed by atoms with van der Waals surface area (Å²) in [5.41, 5.74) is 2.52. The quantitative estimate of drug-likeness (QED) is 0.443. The first kappa shape index (κ1) is 19.0. The molecule has 0 fully saturated rings. The van der Waals surface area contributed by atoms with Gasteiger partial charge in [-0.05, 0) is 42.3 Å². The van der Waals surface area contributed by atoms with Crippen LogP contribution in [0.4, 0.5) is 5.82 Å². The number of aromatic nitrogens is 5. The molecule has 4 aromatic rings. The van der Waals surface area contributed by atoms with E-state index in [1.807, 2.05) is 41.0 Å². The van der Waals surface area contributed by atoms with Crippen molar-refractivity contribution in [1.82, 2.24) is 24.5 Å². The van der Waals surface area contributed by atoms with E-state index in [1.54, 1.807) is 26.7 Å². The molecule has 8 nitrogen and oxygen atoms in total. The second-order valence-corrected chi connectivity index (χ2v) is 6.97. The van der Waals surface area contributed by atoms with Crippen molar-refractivity contribution in [3.8, 4) is 11.5 Å². The molecular weight excluding hydrogens is 388 g/mol. The summed E-state index contributed by atoms with van der Waals surface area (Å²) in [4.78, 5) is 18.5. The minimum absolute atomic E-state index is 0.640. The first-order valence-corrected chi connectivity index (χ1v) is 9.81. The summed E-state index contributed by atoms with van der Waals surface area (Å²) < 4.78 is 16.0. The van der Waals surface area contributed by atoms with Crippen LogP contribution in [0.2, 0.25) is 0 Å². The Morgan fingerprint density at radius 3 is 2.76 bits per heavy atom. The van der Waals surface area contributed by atoms with E-state index in [4.69, 9.17) is 9.47 Å². The highest BCUT2D eigenvalue weighted by atomic mass is 32.2. The molecule has 0 atom stereocenters. The van der Waals surface area contributed by atoms with Gasteiger partial charge in [0.05, 0.1) is 25.4 Å². The molecular formula is C20H20N6O2S. The Kier molecular flexibility index (Phi) is 5.76.